The standard InChI is InChI=1S/C9H14NO/c1-4-8-5-6-10(2)7-9(8)11-3/h5-7H,4H2,1-3H3/q+1. The van der Waals surface area contributed by atoms with Crippen LogP contribution in [0.15, 0.2) is 18.5 Å². The normalized spacial score (nSPS) is 9.73. The van der Waals surface area contributed by atoms with Crippen molar-refractivity contribution >= 4 is 0 Å². The van der Waals surface area contributed by atoms with Gasteiger partial charge in [-0.2, -0.15) is 0 Å². The lowest BCUT2D eigenvalue weighted by Gasteiger charge is -2.02. The molecule has 11 heavy (non-hydrogen) atoms. The lowest BCUT2D eigenvalue weighted by atomic mass is 10.2. The van der Waals surface area contributed by atoms with Gasteiger partial charge in [-0.1, -0.05) is 6.92 Å². The third kappa shape index (κ3) is 1.70. The monoisotopic (exact) mass is 152 g/mol. The van der Waals surface area contributed by atoms with E-state index in [0.29, 0.717) is 0 Å². The topological polar surface area (TPSA) is 13.1 Å². The van der Waals surface area contributed by atoms with Gasteiger partial charge in [0, 0.05) is 11.6 Å². The summed E-state index contributed by atoms with van der Waals surface area (Å²) in [4.78, 5) is 0. The second-order valence-corrected chi connectivity index (χ2v) is 2.56. The maximum atomic E-state index is 5.20. The van der Waals surface area contributed by atoms with Gasteiger partial charge in [-0.3, -0.25) is 0 Å². The highest BCUT2D eigenvalue weighted by Crippen LogP contribution is 2.14. The van der Waals surface area contributed by atoms with Crippen molar-refractivity contribution in [1.29, 1.82) is 0 Å². The maximum Gasteiger partial charge on any atom is 0.211 e. The van der Waals surface area contributed by atoms with Crippen LogP contribution in [0.5, 0.6) is 5.75 Å². The van der Waals surface area contributed by atoms with Gasteiger partial charge >= 0.3 is 0 Å². The highest BCUT2D eigenvalue weighted by Gasteiger charge is 2.03. The molecule has 2 nitrogen and oxygen atoms in total. The molecular weight excluding hydrogens is 138 g/mol. The molecule has 0 atom stereocenters. The molecule has 0 aromatic carbocycles. The zero-order valence-electron chi connectivity index (χ0n) is 7.29. The molecule has 0 saturated carbocycles. The van der Waals surface area contributed by atoms with Crippen molar-refractivity contribution in [1.82, 2.24) is 0 Å². The lowest BCUT2D eigenvalue weighted by molar-refractivity contribution is -0.671. The first kappa shape index (κ1) is 8.05. The largest absolute Gasteiger partial charge is 0.491 e. The minimum Gasteiger partial charge on any atom is -0.491 e. The number of pyridine rings is 1. The third-order valence-corrected chi connectivity index (χ3v) is 1.75. The summed E-state index contributed by atoms with van der Waals surface area (Å²) >= 11 is 0. The van der Waals surface area contributed by atoms with Crippen LogP contribution >= 0.6 is 0 Å². The summed E-state index contributed by atoms with van der Waals surface area (Å²) in [5.74, 6) is 0.970. The van der Waals surface area contributed by atoms with Gasteiger partial charge in [-0.15, -0.1) is 0 Å². The van der Waals surface area contributed by atoms with Crippen molar-refractivity contribution < 1.29 is 9.30 Å². The second-order valence-electron chi connectivity index (χ2n) is 2.56. The summed E-state index contributed by atoms with van der Waals surface area (Å²) < 4.78 is 7.18. The molecule has 0 saturated heterocycles. The van der Waals surface area contributed by atoms with Gasteiger partial charge in [-0.05, 0) is 6.42 Å². The summed E-state index contributed by atoms with van der Waals surface area (Å²) in [6.07, 6.45) is 5.03. The van der Waals surface area contributed by atoms with Crippen molar-refractivity contribution in [2.45, 2.75) is 13.3 Å². The fourth-order valence-electron chi connectivity index (χ4n) is 1.08. The van der Waals surface area contributed by atoms with E-state index >= 15 is 0 Å². The van der Waals surface area contributed by atoms with Gasteiger partial charge < -0.3 is 4.74 Å². The van der Waals surface area contributed by atoms with E-state index in [1.54, 1.807) is 7.11 Å². The zero-order valence-corrected chi connectivity index (χ0v) is 7.29. The number of ether oxygens (including phenoxy) is 1. The van der Waals surface area contributed by atoms with E-state index in [9.17, 15) is 0 Å². The molecule has 1 heterocycles. The molecule has 0 aliphatic rings. The fraction of sp³-hybridized carbons (Fsp3) is 0.444. The molecule has 0 bridgehead atoms. The van der Waals surface area contributed by atoms with Crippen molar-refractivity contribution in [2.24, 2.45) is 7.05 Å². The molecule has 0 aliphatic carbocycles. The molecule has 1 aromatic rings. The fourth-order valence-corrected chi connectivity index (χ4v) is 1.08. The predicted octanol–water partition coefficient (Wildman–Crippen LogP) is 1.08. The molecule has 0 unspecified atom stereocenters. The van der Waals surface area contributed by atoms with Crippen LogP contribution in [0.1, 0.15) is 12.5 Å². The van der Waals surface area contributed by atoms with Gasteiger partial charge in [0.15, 0.2) is 11.9 Å². The average molecular weight is 152 g/mol. The van der Waals surface area contributed by atoms with Crippen molar-refractivity contribution in [3.05, 3.63) is 24.0 Å². The minimum absolute atomic E-state index is 0.970. The molecule has 60 valence electrons. The Morgan fingerprint density at radius 2 is 2.27 bits per heavy atom. The lowest BCUT2D eigenvalue weighted by Crippen LogP contribution is -2.26. The van der Waals surface area contributed by atoms with Crippen LogP contribution in [0.2, 0.25) is 0 Å². The highest BCUT2D eigenvalue weighted by molar-refractivity contribution is 5.27. The maximum absolute atomic E-state index is 5.20. The first-order chi connectivity index (χ1) is 5.27. The van der Waals surface area contributed by atoms with Gasteiger partial charge in [0.1, 0.15) is 7.05 Å². The number of rotatable bonds is 2. The highest BCUT2D eigenvalue weighted by atomic mass is 16.5. The number of aromatic nitrogens is 1. The van der Waals surface area contributed by atoms with Crippen LogP contribution in [-0.4, -0.2) is 7.11 Å². The Bertz CT molecular complexity index is 245. The first-order valence-electron chi connectivity index (χ1n) is 3.80. The van der Waals surface area contributed by atoms with Crippen LogP contribution < -0.4 is 9.30 Å². The van der Waals surface area contributed by atoms with E-state index in [4.69, 9.17) is 4.74 Å². The Hall–Kier alpha value is -1.05. The number of aryl methyl sites for hydroxylation is 2. The van der Waals surface area contributed by atoms with E-state index in [0.717, 1.165) is 12.2 Å². The van der Waals surface area contributed by atoms with Crippen LogP contribution in [0.25, 0.3) is 0 Å². The summed E-state index contributed by atoms with van der Waals surface area (Å²) in [5, 5.41) is 0. The quantitative estimate of drug-likeness (QED) is 0.578. The second kappa shape index (κ2) is 3.37. The Morgan fingerprint density at radius 1 is 1.55 bits per heavy atom. The Balaban J connectivity index is 3.06. The zero-order chi connectivity index (χ0) is 8.27. The van der Waals surface area contributed by atoms with Crippen molar-refractivity contribution in [3.8, 4) is 5.75 Å². The van der Waals surface area contributed by atoms with E-state index in [-0.39, 0.29) is 0 Å². The van der Waals surface area contributed by atoms with Crippen LogP contribution in [0.4, 0.5) is 0 Å². The SMILES string of the molecule is CCc1cc[n+](C)cc1OC. The molecule has 1 rings (SSSR count). The van der Waals surface area contributed by atoms with Crippen LogP contribution in [0, 0.1) is 0 Å². The summed E-state index contributed by atoms with van der Waals surface area (Å²) in [6, 6.07) is 2.08. The predicted molar refractivity (Wildman–Crippen MR) is 43.5 cm³/mol. The molecule has 0 aliphatic heterocycles. The van der Waals surface area contributed by atoms with Crippen molar-refractivity contribution in [3.63, 3.8) is 0 Å². The number of hydrogen-bond donors (Lipinski definition) is 0. The molecule has 0 radical (unpaired) electrons. The van der Waals surface area contributed by atoms with Gasteiger partial charge in [-0.25, -0.2) is 4.57 Å². The van der Waals surface area contributed by atoms with E-state index in [1.807, 2.05) is 24.0 Å². The smallest absolute Gasteiger partial charge is 0.211 e. The van der Waals surface area contributed by atoms with Gasteiger partial charge in [0.25, 0.3) is 0 Å². The van der Waals surface area contributed by atoms with Gasteiger partial charge in [0.2, 0.25) is 6.20 Å². The summed E-state index contributed by atoms with van der Waals surface area (Å²) in [7, 11) is 3.69. The van der Waals surface area contributed by atoms with Crippen molar-refractivity contribution in [2.75, 3.05) is 7.11 Å². The number of methoxy groups -OCH3 is 1. The van der Waals surface area contributed by atoms with Crippen LogP contribution in [-0.2, 0) is 13.5 Å². The minimum atomic E-state index is 0.970. The van der Waals surface area contributed by atoms with E-state index < -0.39 is 0 Å². The Kier molecular flexibility index (Phi) is 2.47. The Labute approximate surface area is 67.4 Å². The van der Waals surface area contributed by atoms with Gasteiger partial charge in [0.05, 0.1) is 7.11 Å². The summed E-state index contributed by atoms with van der Waals surface area (Å²) in [5.41, 5.74) is 1.26. The summed E-state index contributed by atoms with van der Waals surface area (Å²) in [6.45, 7) is 2.12. The third-order valence-electron chi connectivity index (χ3n) is 1.75. The molecule has 1 aromatic heterocycles. The molecule has 0 spiro atoms. The molecule has 2 heteroatoms. The first-order valence-corrected chi connectivity index (χ1v) is 3.80. The number of nitrogens with zero attached hydrogens (tertiary/aromatic N) is 1. The molecular formula is C9H14NO+. The van der Waals surface area contributed by atoms with E-state index in [2.05, 4.69) is 13.0 Å². The Morgan fingerprint density at radius 3 is 2.82 bits per heavy atom. The number of hydrogen-bond acceptors (Lipinski definition) is 1. The average Bonchev–Trinajstić information content (AvgIpc) is 2.04. The molecule has 0 fully saturated rings. The van der Waals surface area contributed by atoms with Crippen LogP contribution in [0.3, 0.4) is 0 Å². The van der Waals surface area contributed by atoms with E-state index in [1.165, 1.54) is 5.56 Å². The molecule has 0 N–H and O–H groups in total. The molecule has 0 amide bonds.